The number of halogens is 6. The van der Waals surface area contributed by atoms with Gasteiger partial charge in [0.1, 0.15) is 5.75 Å². The Balaban J connectivity index is 1.78. The molecule has 0 aromatic heterocycles. The number of amides is 1. The highest BCUT2D eigenvalue weighted by atomic mass is 31.2. The molecule has 44 heavy (non-hydrogen) atoms. The summed E-state index contributed by atoms with van der Waals surface area (Å²) in [6, 6.07) is 23.3. The lowest BCUT2D eigenvalue weighted by Gasteiger charge is -2.24. The van der Waals surface area contributed by atoms with Crippen LogP contribution >= 0.6 is 7.37 Å². The van der Waals surface area contributed by atoms with E-state index in [9.17, 15) is 35.7 Å². The lowest BCUT2D eigenvalue weighted by molar-refractivity contribution is -0.143. The molecule has 232 valence electrons. The molecule has 1 N–H and O–H groups in total. The van der Waals surface area contributed by atoms with Crippen molar-refractivity contribution >= 4 is 19.0 Å². The number of carbonyl (C=O) groups is 1. The van der Waals surface area contributed by atoms with Gasteiger partial charge in [-0.15, -0.1) is 0 Å². The summed E-state index contributed by atoms with van der Waals surface area (Å²) >= 11 is 0. The molecule has 4 nitrogen and oxygen atoms in total. The van der Waals surface area contributed by atoms with E-state index in [2.05, 4.69) is 5.32 Å². The van der Waals surface area contributed by atoms with Gasteiger partial charge in [0.05, 0.1) is 29.0 Å². The third-order valence-corrected chi connectivity index (χ3v) is 8.96. The van der Waals surface area contributed by atoms with E-state index in [-0.39, 0.29) is 29.7 Å². The monoisotopic (exact) mass is 633 g/mol. The molecule has 0 aliphatic rings. The molecule has 0 saturated carbocycles. The quantitative estimate of drug-likeness (QED) is 0.155. The lowest BCUT2D eigenvalue weighted by Crippen LogP contribution is -2.18. The first-order valence-electron chi connectivity index (χ1n) is 13.5. The molecular formula is C33H30F6NO3P. The molecule has 11 heteroatoms. The minimum atomic E-state index is -5.09. The van der Waals surface area contributed by atoms with Crippen LogP contribution in [0, 0.1) is 0 Å². The third-order valence-electron chi connectivity index (χ3n) is 6.73. The van der Waals surface area contributed by atoms with Crippen LogP contribution in [0.25, 0.3) is 0 Å². The molecule has 1 amide bonds. The van der Waals surface area contributed by atoms with Gasteiger partial charge < -0.3 is 9.84 Å². The van der Waals surface area contributed by atoms with Crippen molar-refractivity contribution in [2.24, 2.45) is 0 Å². The molecule has 0 bridgehead atoms. The molecule has 4 aromatic rings. The number of rotatable bonds is 8. The Kier molecular flexibility index (Phi) is 9.35. The molecule has 4 aromatic carbocycles. The van der Waals surface area contributed by atoms with Gasteiger partial charge in [-0.25, -0.2) is 0 Å². The molecule has 0 atom stereocenters. The summed E-state index contributed by atoms with van der Waals surface area (Å²) < 4.78 is 101. The van der Waals surface area contributed by atoms with E-state index in [1.807, 2.05) is 20.8 Å². The molecule has 4 rings (SSSR count). The molecule has 0 spiro atoms. The van der Waals surface area contributed by atoms with Crippen LogP contribution in [0.5, 0.6) is 5.75 Å². The Labute approximate surface area is 251 Å². The first-order chi connectivity index (χ1) is 20.4. The fourth-order valence-corrected chi connectivity index (χ4v) is 6.79. The average Bonchev–Trinajstić information content (AvgIpc) is 2.92. The van der Waals surface area contributed by atoms with Gasteiger partial charge >= 0.3 is 12.4 Å². The van der Waals surface area contributed by atoms with E-state index in [0.29, 0.717) is 28.8 Å². The summed E-state index contributed by atoms with van der Waals surface area (Å²) in [6.07, 6.45) is -10.2. The number of hydrogen-bond acceptors (Lipinski definition) is 3. The average molecular weight is 634 g/mol. The summed E-state index contributed by atoms with van der Waals surface area (Å²) in [5.41, 5.74) is -2.47. The third kappa shape index (κ3) is 8.53. The van der Waals surface area contributed by atoms with Crippen molar-refractivity contribution in [3.8, 4) is 5.75 Å². The van der Waals surface area contributed by atoms with Gasteiger partial charge in [-0.2, -0.15) is 26.3 Å². The summed E-state index contributed by atoms with van der Waals surface area (Å²) in [7, 11) is -3.63. The standard InChI is InChI=1S/C33H30F6NO3P/c1-31(2,3)24-14-15-29(43-44(42,20-22-10-6-4-7-11-22)21-23-12-8-5-9-13-23)28(19-24)30(41)40-27-17-25(32(34,35)36)16-26(18-27)33(37,38)39/h4-19H,20-21H2,1-3H3,(H,40,41). The molecular weight excluding hydrogens is 603 g/mol. The van der Waals surface area contributed by atoms with Crippen LogP contribution in [-0.4, -0.2) is 5.91 Å². The predicted molar refractivity (Wildman–Crippen MR) is 158 cm³/mol. The zero-order valence-electron chi connectivity index (χ0n) is 24.1. The Bertz CT molecular complexity index is 1590. The van der Waals surface area contributed by atoms with Crippen LogP contribution in [0.1, 0.15) is 58.9 Å². The van der Waals surface area contributed by atoms with Gasteiger partial charge in [0, 0.05) is 5.69 Å². The molecule has 0 aliphatic heterocycles. The fraction of sp³-hybridized carbons (Fsp3) is 0.242. The van der Waals surface area contributed by atoms with Crippen molar-refractivity contribution in [2.75, 3.05) is 5.32 Å². The van der Waals surface area contributed by atoms with Crippen molar-refractivity contribution < 1.29 is 40.2 Å². The van der Waals surface area contributed by atoms with Gasteiger partial charge in [0.2, 0.25) is 0 Å². The Morgan fingerprint density at radius 1 is 0.682 bits per heavy atom. The number of anilines is 1. The van der Waals surface area contributed by atoms with Crippen molar-refractivity contribution in [2.45, 2.75) is 50.9 Å². The first kappa shape index (κ1) is 32.9. The number of alkyl halides is 6. The van der Waals surface area contributed by atoms with Gasteiger partial charge in [-0.05, 0) is 52.4 Å². The van der Waals surface area contributed by atoms with E-state index in [0.717, 1.165) is 0 Å². The zero-order valence-corrected chi connectivity index (χ0v) is 25.0. The lowest BCUT2D eigenvalue weighted by atomic mass is 9.86. The van der Waals surface area contributed by atoms with E-state index in [1.165, 1.54) is 12.1 Å². The normalized spacial score (nSPS) is 12.6. The maximum absolute atomic E-state index is 14.4. The number of carbonyl (C=O) groups excluding carboxylic acids is 1. The van der Waals surface area contributed by atoms with E-state index >= 15 is 0 Å². The van der Waals surface area contributed by atoms with Crippen molar-refractivity contribution in [1.82, 2.24) is 0 Å². The summed E-state index contributed by atoms with van der Waals surface area (Å²) in [5, 5.41) is 2.18. The van der Waals surface area contributed by atoms with E-state index < -0.39 is 47.9 Å². The largest absolute Gasteiger partial charge is 0.441 e. The highest BCUT2D eigenvalue weighted by molar-refractivity contribution is 7.57. The van der Waals surface area contributed by atoms with Crippen LogP contribution in [0.3, 0.4) is 0 Å². The fourth-order valence-electron chi connectivity index (χ4n) is 4.50. The van der Waals surface area contributed by atoms with Gasteiger partial charge in [-0.1, -0.05) is 87.5 Å². The number of benzene rings is 4. The van der Waals surface area contributed by atoms with Crippen molar-refractivity contribution in [3.05, 3.63) is 130 Å². The highest BCUT2D eigenvalue weighted by Gasteiger charge is 2.37. The number of nitrogens with one attached hydrogen (secondary N) is 1. The van der Waals surface area contributed by atoms with Crippen LogP contribution in [0.15, 0.2) is 97.1 Å². The van der Waals surface area contributed by atoms with Crippen LogP contribution in [-0.2, 0) is 34.7 Å². The van der Waals surface area contributed by atoms with Crippen LogP contribution in [0.2, 0.25) is 0 Å². The SMILES string of the molecule is CC(C)(C)c1ccc(OP(=O)(Cc2ccccc2)Cc2ccccc2)c(C(=O)Nc2cc(C(F)(F)F)cc(C(F)(F)F)c2)c1. The second kappa shape index (κ2) is 12.5. The zero-order chi connectivity index (χ0) is 32.3. The van der Waals surface area contributed by atoms with E-state index in [4.69, 9.17) is 4.52 Å². The molecule has 0 heterocycles. The van der Waals surface area contributed by atoms with Crippen LogP contribution < -0.4 is 9.84 Å². The number of hydrogen-bond donors (Lipinski definition) is 1. The van der Waals surface area contributed by atoms with E-state index in [1.54, 1.807) is 66.7 Å². The first-order valence-corrected chi connectivity index (χ1v) is 15.5. The Morgan fingerprint density at radius 3 is 1.59 bits per heavy atom. The van der Waals surface area contributed by atoms with Gasteiger partial charge in [0.25, 0.3) is 13.3 Å². The molecule has 0 aliphatic carbocycles. The predicted octanol–water partition coefficient (Wildman–Crippen LogP) is 10.3. The smallest absolute Gasteiger partial charge is 0.416 e. The molecule has 0 fully saturated rings. The summed E-state index contributed by atoms with van der Waals surface area (Å²) in [4.78, 5) is 13.6. The molecule has 0 unspecified atom stereocenters. The second-order valence-corrected chi connectivity index (χ2v) is 13.8. The van der Waals surface area contributed by atoms with Crippen LogP contribution in [0.4, 0.5) is 32.0 Å². The molecule has 0 saturated heterocycles. The minimum absolute atomic E-state index is 0.00733. The summed E-state index contributed by atoms with van der Waals surface area (Å²) in [6.45, 7) is 5.59. The Hall–Kier alpha value is -4.04. The van der Waals surface area contributed by atoms with Crippen molar-refractivity contribution in [1.29, 1.82) is 0 Å². The maximum Gasteiger partial charge on any atom is 0.416 e. The van der Waals surface area contributed by atoms with Gasteiger partial charge in [0.15, 0.2) is 0 Å². The molecule has 0 radical (unpaired) electrons. The maximum atomic E-state index is 14.4. The summed E-state index contributed by atoms with van der Waals surface area (Å²) in [5.74, 6) is -1.14. The highest BCUT2D eigenvalue weighted by Crippen LogP contribution is 2.54. The Morgan fingerprint density at radius 2 is 1.16 bits per heavy atom. The van der Waals surface area contributed by atoms with Crippen molar-refractivity contribution in [3.63, 3.8) is 0 Å². The van der Waals surface area contributed by atoms with Gasteiger partial charge in [-0.3, -0.25) is 9.36 Å². The minimum Gasteiger partial charge on any atom is -0.441 e. The second-order valence-electron chi connectivity index (χ2n) is 11.4. The topological polar surface area (TPSA) is 55.4 Å².